The fraction of sp³-hybridized carbons (Fsp3) is 0.167. The van der Waals surface area contributed by atoms with Gasteiger partial charge in [-0.3, -0.25) is 9.78 Å². The lowest BCUT2D eigenvalue weighted by molar-refractivity contribution is 0.0726. The highest BCUT2D eigenvalue weighted by atomic mass is 35.5. The minimum Gasteiger partial charge on any atom is -0.496 e. The van der Waals surface area contributed by atoms with Gasteiger partial charge in [0, 0.05) is 30.5 Å². The van der Waals surface area contributed by atoms with Gasteiger partial charge in [0.1, 0.15) is 18.1 Å². The topological polar surface area (TPSA) is 51.7 Å². The molecule has 0 aliphatic carbocycles. The van der Waals surface area contributed by atoms with Gasteiger partial charge in [-0.05, 0) is 41.5 Å². The van der Waals surface area contributed by atoms with Crippen molar-refractivity contribution < 1.29 is 14.3 Å². The van der Waals surface area contributed by atoms with Crippen molar-refractivity contribution in [2.24, 2.45) is 0 Å². The van der Waals surface area contributed by atoms with E-state index in [1.165, 1.54) is 0 Å². The Bertz CT molecular complexity index is 991. The molecule has 0 spiro atoms. The molecule has 0 N–H and O–H groups in total. The smallest absolute Gasteiger partial charge is 0.258 e. The number of benzene rings is 2. The number of nitrogens with zero attached hydrogens (tertiary/aromatic N) is 2. The van der Waals surface area contributed by atoms with Gasteiger partial charge in [-0.15, -0.1) is 0 Å². The first-order valence-corrected chi connectivity index (χ1v) is 9.81. The van der Waals surface area contributed by atoms with Gasteiger partial charge in [-0.25, -0.2) is 0 Å². The number of ether oxygens (including phenoxy) is 2. The van der Waals surface area contributed by atoms with Crippen LogP contribution in [0.15, 0.2) is 84.7 Å². The van der Waals surface area contributed by atoms with Crippen molar-refractivity contribution in [3.05, 3.63) is 101 Å². The third-order valence-electron chi connectivity index (χ3n) is 4.41. The Kier molecular flexibility index (Phi) is 7.46. The van der Waals surface area contributed by atoms with Crippen LogP contribution in [0.3, 0.4) is 0 Å². The van der Waals surface area contributed by atoms with Crippen LogP contribution in [0.4, 0.5) is 0 Å². The molecule has 0 aliphatic heterocycles. The number of hydrogen-bond acceptors (Lipinski definition) is 4. The lowest BCUT2D eigenvalue weighted by Crippen LogP contribution is -2.30. The number of pyridine rings is 1. The van der Waals surface area contributed by atoms with Crippen LogP contribution in [0.2, 0.25) is 0 Å². The third-order valence-corrected chi connectivity index (χ3v) is 4.52. The zero-order chi connectivity index (χ0) is 21.3. The Balaban J connectivity index is 1.82. The van der Waals surface area contributed by atoms with E-state index in [1.54, 1.807) is 36.5 Å². The highest BCUT2D eigenvalue weighted by Crippen LogP contribution is 2.22. The van der Waals surface area contributed by atoms with Crippen molar-refractivity contribution in [2.45, 2.75) is 13.1 Å². The van der Waals surface area contributed by atoms with Crippen LogP contribution in [0.1, 0.15) is 21.5 Å². The first-order chi connectivity index (χ1) is 14.6. The maximum atomic E-state index is 13.4. The van der Waals surface area contributed by atoms with E-state index < -0.39 is 0 Å². The number of para-hydroxylation sites is 1. The van der Waals surface area contributed by atoms with Gasteiger partial charge in [-0.2, -0.15) is 0 Å². The van der Waals surface area contributed by atoms with Gasteiger partial charge < -0.3 is 14.4 Å². The van der Waals surface area contributed by atoms with Gasteiger partial charge in [0.25, 0.3) is 5.91 Å². The molecule has 0 aliphatic rings. The quantitative estimate of drug-likeness (QED) is 0.483. The molecule has 1 amide bonds. The van der Waals surface area contributed by atoms with Crippen LogP contribution in [-0.4, -0.2) is 29.5 Å². The summed E-state index contributed by atoms with van der Waals surface area (Å²) in [5.41, 5.74) is 2.44. The molecule has 3 rings (SSSR count). The van der Waals surface area contributed by atoms with Crippen molar-refractivity contribution in [3.63, 3.8) is 0 Å². The Morgan fingerprint density at radius 1 is 1.03 bits per heavy atom. The number of carbonyl (C=O) groups excluding carboxylic acids is 1. The Hall–Kier alpha value is -3.31. The number of carbonyl (C=O) groups is 1. The molecule has 0 unspecified atom stereocenters. The number of hydrogen-bond donors (Lipinski definition) is 0. The average molecular weight is 423 g/mol. The van der Waals surface area contributed by atoms with E-state index in [1.807, 2.05) is 48.5 Å². The van der Waals surface area contributed by atoms with Crippen molar-refractivity contribution in [1.82, 2.24) is 9.88 Å². The molecule has 0 bridgehead atoms. The molecular weight excluding hydrogens is 400 g/mol. The molecule has 0 saturated carbocycles. The van der Waals surface area contributed by atoms with Crippen LogP contribution in [0.25, 0.3) is 0 Å². The molecule has 6 heteroatoms. The standard InChI is InChI=1S/C24H23ClN2O3/c1-18(25)17-30-21-11-9-19(10-12-21)15-27(16-20-6-5-13-26-14-20)24(28)22-7-3-4-8-23(22)29-2/h3-14H,1,15-17H2,2H3. The number of amides is 1. The molecule has 154 valence electrons. The second-order valence-electron chi connectivity index (χ2n) is 6.67. The first kappa shape index (κ1) is 21.4. The van der Waals surface area contributed by atoms with Gasteiger partial charge in [0.15, 0.2) is 0 Å². The fourth-order valence-electron chi connectivity index (χ4n) is 2.98. The van der Waals surface area contributed by atoms with Crippen LogP contribution < -0.4 is 9.47 Å². The summed E-state index contributed by atoms with van der Waals surface area (Å²) < 4.78 is 10.9. The third kappa shape index (κ3) is 5.84. The average Bonchev–Trinajstić information content (AvgIpc) is 2.78. The van der Waals surface area contributed by atoms with E-state index >= 15 is 0 Å². The minimum absolute atomic E-state index is 0.116. The molecule has 0 saturated heterocycles. The molecule has 3 aromatic rings. The number of rotatable bonds is 9. The molecule has 0 fully saturated rings. The van der Waals surface area contributed by atoms with Crippen LogP contribution in [0, 0.1) is 0 Å². The predicted molar refractivity (Wildman–Crippen MR) is 118 cm³/mol. The highest BCUT2D eigenvalue weighted by molar-refractivity contribution is 6.29. The summed E-state index contributed by atoms with van der Waals surface area (Å²) in [5.74, 6) is 1.12. The van der Waals surface area contributed by atoms with Gasteiger partial charge >= 0.3 is 0 Å². The zero-order valence-electron chi connectivity index (χ0n) is 16.8. The largest absolute Gasteiger partial charge is 0.496 e. The second-order valence-corrected chi connectivity index (χ2v) is 7.21. The van der Waals surface area contributed by atoms with E-state index in [0.29, 0.717) is 35.2 Å². The zero-order valence-corrected chi connectivity index (χ0v) is 17.5. The van der Waals surface area contributed by atoms with Crippen LogP contribution >= 0.6 is 11.6 Å². The van der Waals surface area contributed by atoms with Gasteiger partial charge in [-0.1, -0.05) is 48.5 Å². The number of methoxy groups -OCH3 is 1. The maximum absolute atomic E-state index is 13.4. The summed E-state index contributed by atoms with van der Waals surface area (Å²) in [5, 5.41) is 0.434. The first-order valence-electron chi connectivity index (χ1n) is 9.43. The number of aromatic nitrogens is 1. The van der Waals surface area contributed by atoms with E-state index in [4.69, 9.17) is 21.1 Å². The predicted octanol–water partition coefficient (Wildman–Crippen LogP) is 5.06. The normalized spacial score (nSPS) is 10.3. The summed E-state index contributed by atoms with van der Waals surface area (Å²) in [4.78, 5) is 19.3. The lowest BCUT2D eigenvalue weighted by Gasteiger charge is -2.24. The molecule has 0 radical (unpaired) electrons. The Morgan fingerprint density at radius 3 is 2.43 bits per heavy atom. The van der Waals surface area contributed by atoms with E-state index in [9.17, 15) is 4.79 Å². The molecule has 2 aromatic carbocycles. The fourth-order valence-corrected chi connectivity index (χ4v) is 3.03. The van der Waals surface area contributed by atoms with E-state index in [-0.39, 0.29) is 12.5 Å². The lowest BCUT2D eigenvalue weighted by atomic mass is 10.1. The SMILES string of the molecule is C=C(Cl)COc1ccc(CN(Cc2cccnc2)C(=O)c2ccccc2OC)cc1. The maximum Gasteiger partial charge on any atom is 0.258 e. The minimum atomic E-state index is -0.116. The molecule has 1 aromatic heterocycles. The summed E-state index contributed by atoms with van der Waals surface area (Å²) in [6.07, 6.45) is 3.47. The molecule has 1 heterocycles. The molecule has 30 heavy (non-hydrogen) atoms. The van der Waals surface area contributed by atoms with Gasteiger partial charge in [0.2, 0.25) is 0 Å². The van der Waals surface area contributed by atoms with Crippen molar-refractivity contribution >= 4 is 17.5 Å². The Labute approximate surface area is 181 Å². The molecular formula is C24H23ClN2O3. The van der Waals surface area contributed by atoms with Gasteiger partial charge in [0.05, 0.1) is 12.7 Å². The van der Waals surface area contributed by atoms with Crippen molar-refractivity contribution in [1.29, 1.82) is 0 Å². The molecule has 5 nitrogen and oxygen atoms in total. The summed E-state index contributed by atoms with van der Waals surface area (Å²) in [7, 11) is 1.56. The molecule has 0 atom stereocenters. The van der Waals surface area contributed by atoms with E-state index in [0.717, 1.165) is 11.1 Å². The monoisotopic (exact) mass is 422 g/mol. The second kappa shape index (κ2) is 10.5. The Morgan fingerprint density at radius 2 is 1.77 bits per heavy atom. The summed E-state index contributed by atoms with van der Waals surface area (Å²) >= 11 is 5.74. The highest BCUT2D eigenvalue weighted by Gasteiger charge is 2.20. The van der Waals surface area contributed by atoms with Crippen molar-refractivity contribution in [3.8, 4) is 11.5 Å². The van der Waals surface area contributed by atoms with Crippen LogP contribution in [-0.2, 0) is 13.1 Å². The van der Waals surface area contributed by atoms with Crippen LogP contribution in [0.5, 0.6) is 11.5 Å². The van der Waals surface area contributed by atoms with E-state index in [2.05, 4.69) is 11.6 Å². The summed E-state index contributed by atoms with van der Waals surface area (Å²) in [6, 6.07) is 18.6. The summed E-state index contributed by atoms with van der Waals surface area (Å²) in [6.45, 7) is 4.71. The number of halogens is 1. The van der Waals surface area contributed by atoms with Crippen molar-refractivity contribution in [2.75, 3.05) is 13.7 Å².